The van der Waals surface area contributed by atoms with Crippen LogP contribution in [-0.4, -0.2) is 14.5 Å². The molecule has 2 aromatic heterocycles. The Labute approximate surface area is 122 Å². The Balaban J connectivity index is 2.38. The van der Waals surface area contributed by atoms with E-state index in [-0.39, 0.29) is 5.54 Å². The number of para-hydroxylation sites is 2. The summed E-state index contributed by atoms with van der Waals surface area (Å²) in [5.74, 6) is 0.949. The highest BCUT2D eigenvalue weighted by molar-refractivity contribution is 7.18. The quantitative estimate of drug-likeness (QED) is 0.740. The van der Waals surface area contributed by atoms with Gasteiger partial charge in [-0.3, -0.25) is 0 Å². The normalized spacial score (nSPS) is 12.2. The summed E-state index contributed by atoms with van der Waals surface area (Å²) < 4.78 is 2.27. The number of aromatic nitrogens is 3. The second-order valence-electron chi connectivity index (χ2n) is 5.90. The van der Waals surface area contributed by atoms with Crippen molar-refractivity contribution in [1.29, 1.82) is 0 Å². The van der Waals surface area contributed by atoms with Crippen LogP contribution >= 0.6 is 11.3 Å². The molecule has 0 radical (unpaired) electrons. The largest absolute Gasteiger partial charge is 0.375 e. The molecule has 1 aromatic carbocycles. The minimum absolute atomic E-state index is 0.0589. The maximum Gasteiger partial charge on any atom is 0.180 e. The molecule has 104 valence electrons. The van der Waals surface area contributed by atoms with Gasteiger partial charge in [-0.2, -0.15) is 0 Å². The van der Waals surface area contributed by atoms with Gasteiger partial charge in [-0.25, -0.2) is 9.97 Å². The van der Waals surface area contributed by atoms with Crippen molar-refractivity contribution in [3.8, 4) is 10.7 Å². The number of hydrogen-bond acceptors (Lipinski definition) is 4. The highest BCUT2D eigenvalue weighted by atomic mass is 32.1. The average Bonchev–Trinajstić information content (AvgIpc) is 2.88. The molecule has 0 saturated carbocycles. The Morgan fingerprint density at radius 3 is 2.45 bits per heavy atom. The van der Waals surface area contributed by atoms with Crippen molar-refractivity contribution in [2.45, 2.75) is 33.2 Å². The second-order valence-corrected chi connectivity index (χ2v) is 6.93. The summed E-state index contributed by atoms with van der Waals surface area (Å²) in [6.45, 7) is 8.54. The molecule has 5 heteroatoms. The molecule has 2 heterocycles. The minimum atomic E-state index is -0.0589. The smallest absolute Gasteiger partial charge is 0.180 e. The molecule has 0 spiro atoms. The molecule has 0 aliphatic rings. The third kappa shape index (κ3) is 1.98. The Morgan fingerprint density at radius 1 is 1.15 bits per heavy atom. The van der Waals surface area contributed by atoms with E-state index in [4.69, 9.17) is 10.7 Å². The van der Waals surface area contributed by atoms with Gasteiger partial charge >= 0.3 is 0 Å². The van der Waals surface area contributed by atoms with E-state index in [0.29, 0.717) is 5.13 Å². The zero-order valence-corrected chi connectivity index (χ0v) is 13.0. The molecule has 0 amide bonds. The van der Waals surface area contributed by atoms with Gasteiger partial charge in [-0.15, -0.1) is 0 Å². The number of nitrogen functional groups attached to an aromatic ring is 1. The van der Waals surface area contributed by atoms with Crippen LogP contribution in [0.1, 0.15) is 26.5 Å². The topological polar surface area (TPSA) is 56.7 Å². The first-order valence-electron chi connectivity index (χ1n) is 6.59. The first kappa shape index (κ1) is 13.1. The minimum Gasteiger partial charge on any atom is -0.375 e. The number of aryl methyl sites for hydroxylation is 1. The van der Waals surface area contributed by atoms with E-state index < -0.39 is 0 Å². The number of anilines is 1. The van der Waals surface area contributed by atoms with Crippen LogP contribution in [0.5, 0.6) is 0 Å². The van der Waals surface area contributed by atoms with E-state index in [1.165, 1.54) is 11.3 Å². The summed E-state index contributed by atoms with van der Waals surface area (Å²) in [5, 5.41) is 0.588. The van der Waals surface area contributed by atoms with Crippen LogP contribution in [-0.2, 0) is 5.54 Å². The van der Waals surface area contributed by atoms with E-state index >= 15 is 0 Å². The second kappa shape index (κ2) is 4.31. The monoisotopic (exact) mass is 286 g/mol. The maximum atomic E-state index is 5.84. The van der Waals surface area contributed by atoms with Crippen LogP contribution in [0.15, 0.2) is 24.3 Å². The predicted molar refractivity (Wildman–Crippen MR) is 85.0 cm³/mol. The van der Waals surface area contributed by atoms with E-state index in [9.17, 15) is 0 Å². The SMILES string of the molecule is Cc1nc(N)sc1-c1nc2ccccc2n1C(C)(C)C. The molecular formula is C15H18N4S. The molecular weight excluding hydrogens is 268 g/mol. The van der Waals surface area contributed by atoms with E-state index in [2.05, 4.69) is 36.4 Å². The summed E-state index contributed by atoms with van der Waals surface area (Å²) in [6.07, 6.45) is 0. The zero-order chi connectivity index (χ0) is 14.5. The van der Waals surface area contributed by atoms with Crippen LogP contribution < -0.4 is 5.73 Å². The van der Waals surface area contributed by atoms with Gasteiger partial charge in [0.15, 0.2) is 11.0 Å². The standard InChI is InChI=1S/C15H18N4S/c1-9-12(20-14(16)17-9)13-18-10-7-5-6-8-11(10)19(13)15(2,3)4/h5-8H,1-4H3,(H2,16,17). The number of thiazole rings is 1. The fourth-order valence-electron chi connectivity index (χ4n) is 2.48. The number of hydrogen-bond donors (Lipinski definition) is 1. The van der Waals surface area contributed by atoms with Crippen LogP contribution in [0, 0.1) is 6.92 Å². The lowest BCUT2D eigenvalue weighted by atomic mass is 10.1. The van der Waals surface area contributed by atoms with Gasteiger partial charge in [-0.05, 0) is 39.8 Å². The van der Waals surface area contributed by atoms with Crippen molar-refractivity contribution in [2.24, 2.45) is 0 Å². The van der Waals surface area contributed by atoms with Gasteiger partial charge < -0.3 is 10.3 Å². The lowest BCUT2D eigenvalue weighted by Crippen LogP contribution is -2.22. The molecule has 20 heavy (non-hydrogen) atoms. The van der Waals surface area contributed by atoms with Crippen molar-refractivity contribution >= 4 is 27.5 Å². The molecule has 3 aromatic rings. The van der Waals surface area contributed by atoms with E-state index in [1.54, 1.807) is 0 Å². The van der Waals surface area contributed by atoms with Gasteiger partial charge in [-0.1, -0.05) is 23.5 Å². The molecule has 0 aliphatic heterocycles. The van der Waals surface area contributed by atoms with Crippen LogP contribution in [0.4, 0.5) is 5.13 Å². The van der Waals surface area contributed by atoms with Gasteiger partial charge in [0.05, 0.1) is 21.6 Å². The van der Waals surface area contributed by atoms with Crippen LogP contribution in [0.2, 0.25) is 0 Å². The van der Waals surface area contributed by atoms with Crippen molar-refractivity contribution < 1.29 is 0 Å². The van der Waals surface area contributed by atoms with E-state index in [1.807, 2.05) is 25.1 Å². The van der Waals surface area contributed by atoms with E-state index in [0.717, 1.165) is 27.4 Å². The summed E-state index contributed by atoms with van der Waals surface area (Å²) in [7, 11) is 0. The number of benzene rings is 1. The number of fused-ring (bicyclic) bond motifs is 1. The average molecular weight is 286 g/mol. The summed E-state index contributed by atoms with van der Waals surface area (Å²) in [5.41, 5.74) is 8.86. The number of imidazole rings is 1. The number of nitrogens with zero attached hydrogens (tertiary/aromatic N) is 3. The first-order chi connectivity index (χ1) is 9.38. The Hall–Kier alpha value is -1.88. The third-order valence-electron chi connectivity index (χ3n) is 3.25. The summed E-state index contributed by atoms with van der Waals surface area (Å²) >= 11 is 1.50. The van der Waals surface area contributed by atoms with Crippen molar-refractivity contribution in [3.63, 3.8) is 0 Å². The fourth-order valence-corrected chi connectivity index (χ4v) is 3.30. The fraction of sp³-hybridized carbons (Fsp3) is 0.333. The number of rotatable bonds is 1. The maximum absolute atomic E-state index is 5.84. The lowest BCUT2D eigenvalue weighted by molar-refractivity contribution is 0.413. The van der Waals surface area contributed by atoms with Crippen molar-refractivity contribution in [2.75, 3.05) is 5.73 Å². The molecule has 0 unspecified atom stereocenters. The Bertz CT molecular complexity index is 777. The predicted octanol–water partition coefficient (Wildman–Crippen LogP) is 3.81. The van der Waals surface area contributed by atoms with Crippen LogP contribution in [0.3, 0.4) is 0 Å². The lowest BCUT2D eigenvalue weighted by Gasteiger charge is -2.24. The third-order valence-corrected chi connectivity index (χ3v) is 4.23. The van der Waals surface area contributed by atoms with Gasteiger partial charge in [0.1, 0.15) is 0 Å². The highest BCUT2D eigenvalue weighted by Gasteiger charge is 2.24. The van der Waals surface area contributed by atoms with Crippen LogP contribution in [0.25, 0.3) is 21.7 Å². The molecule has 0 bridgehead atoms. The molecule has 0 aliphatic carbocycles. The molecule has 0 saturated heterocycles. The molecule has 4 nitrogen and oxygen atoms in total. The molecule has 3 rings (SSSR count). The van der Waals surface area contributed by atoms with Gasteiger partial charge in [0.25, 0.3) is 0 Å². The Morgan fingerprint density at radius 2 is 1.85 bits per heavy atom. The van der Waals surface area contributed by atoms with Gasteiger partial charge in [0.2, 0.25) is 0 Å². The molecule has 0 atom stereocenters. The molecule has 0 fully saturated rings. The Kier molecular flexibility index (Phi) is 2.83. The van der Waals surface area contributed by atoms with Crippen molar-refractivity contribution in [1.82, 2.24) is 14.5 Å². The van der Waals surface area contributed by atoms with Crippen molar-refractivity contribution in [3.05, 3.63) is 30.0 Å². The summed E-state index contributed by atoms with van der Waals surface area (Å²) in [6, 6.07) is 8.21. The molecule has 2 N–H and O–H groups in total. The number of nitrogens with two attached hydrogens (primary N) is 1. The van der Waals surface area contributed by atoms with Gasteiger partial charge in [0, 0.05) is 5.54 Å². The first-order valence-corrected chi connectivity index (χ1v) is 7.41. The highest BCUT2D eigenvalue weighted by Crippen LogP contribution is 2.36. The zero-order valence-electron chi connectivity index (χ0n) is 12.1. The summed E-state index contributed by atoms with van der Waals surface area (Å²) in [4.78, 5) is 10.2.